The molecule has 0 unspecified atom stereocenters. The average Bonchev–Trinajstić information content (AvgIpc) is 2.65. The van der Waals surface area contributed by atoms with E-state index < -0.39 is 33.1 Å². The monoisotopic (exact) mass is 416 g/mol. The Kier molecular flexibility index (Phi) is 5.65. The molecule has 0 aliphatic heterocycles. The molecule has 0 aliphatic carbocycles. The number of carbonyl (C=O) groups is 1. The molecule has 0 aliphatic rings. The predicted molar refractivity (Wildman–Crippen MR) is 107 cm³/mol. The maximum Gasteiger partial charge on any atom is 0.262 e. The topological polar surface area (TPSA) is 75.3 Å². The zero-order valence-electron chi connectivity index (χ0n) is 15.7. The number of nitrogens with one attached hydrogen (secondary N) is 2. The van der Waals surface area contributed by atoms with Crippen LogP contribution in [0.4, 0.5) is 20.2 Å². The molecule has 0 heterocycles. The van der Waals surface area contributed by atoms with Gasteiger partial charge in [-0.25, -0.2) is 17.2 Å². The number of sulfonamides is 1. The van der Waals surface area contributed by atoms with Crippen LogP contribution in [0.5, 0.6) is 0 Å². The van der Waals surface area contributed by atoms with Crippen molar-refractivity contribution in [2.75, 3.05) is 10.0 Å². The van der Waals surface area contributed by atoms with Gasteiger partial charge < -0.3 is 5.32 Å². The molecule has 0 saturated heterocycles. The third-order valence-electron chi connectivity index (χ3n) is 4.20. The lowest BCUT2D eigenvalue weighted by Gasteiger charge is -2.13. The Morgan fingerprint density at radius 3 is 2.34 bits per heavy atom. The minimum atomic E-state index is -3.93. The minimum absolute atomic E-state index is 0.0449. The molecule has 0 fully saturated rings. The summed E-state index contributed by atoms with van der Waals surface area (Å²) < 4.78 is 55.3. The van der Waals surface area contributed by atoms with E-state index in [2.05, 4.69) is 10.0 Å². The molecule has 150 valence electrons. The molecule has 3 rings (SSSR count). The van der Waals surface area contributed by atoms with Crippen LogP contribution in [-0.4, -0.2) is 14.3 Å². The van der Waals surface area contributed by atoms with E-state index in [1.54, 1.807) is 25.1 Å². The summed E-state index contributed by atoms with van der Waals surface area (Å²) in [5, 5.41) is 2.40. The fraction of sp³-hybridized carbons (Fsp3) is 0.0952. The van der Waals surface area contributed by atoms with E-state index in [1.807, 2.05) is 13.0 Å². The Bertz CT molecular complexity index is 1190. The van der Waals surface area contributed by atoms with Crippen molar-refractivity contribution in [1.82, 2.24) is 0 Å². The molecule has 0 spiro atoms. The van der Waals surface area contributed by atoms with Gasteiger partial charge in [-0.2, -0.15) is 0 Å². The van der Waals surface area contributed by atoms with Crippen LogP contribution in [0, 0.1) is 25.5 Å². The van der Waals surface area contributed by atoms with Crippen LogP contribution < -0.4 is 10.0 Å². The zero-order chi connectivity index (χ0) is 21.2. The lowest BCUT2D eigenvalue weighted by molar-refractivity contribution is 0.102. The van der Waals surface area contributed by atoms with Gasteiger partial charge in [0.1, 0.15) is 0 Å². The van der Waals surface area contributed by atoms with E-state index in [4.69, 9.17) is 0 Å². The van der Waals surface area contributed by atoms with E-state index in [-0.39, 0.29) is 10.6 Å². The van der Waals surface area contributed by atoms with Gasteiger partial charge in [-0.3, -0.25) is 9.52 Å². The summed E-state index contributed by atoms with van der Waals surface area (Å²) >= 11 is 0. The summed E-state index contributed by atoms with van der Waals surface area (Å²) in [6.07, 6.45) is 0. The van der Waals surface area contributed by atoms with Crippen molar-refractivity contribution in [3.05, 3.63) is 89.0 Å². The summed E-state index contributed by atoms with van der Waals surface area (Å²) in [6, 6.07) is 14.4. The van der Waals surface area contributed by atoms with Gasteiger partial charge >= 0.3 is 0 Å². The first-order valence-corrected chi connectivity index (χ1v) is 10.1. The maximum atomic E-state index is 13.8. The Labute approximate surface area is 167 Å². The molecule has 1 amide bonds. The Morgan fingerprint density at radius 1 is 0.897 bits per heavy atom. The maximum absolute atomic E-state index is 13.8. The number of halogens is 2. The normalized spacial score (nSPS) is 11.2. The molecular weight excluding hydrogens is 398 g/mol. The first-order valence-electron chi connectivity index (χ1n) is 8.63. The van der Waals surface area contributed by atoms with Gasteiger partial charge in [0, 0.05) is 11.4 Å². The smallest absolute Gasteiger partial charge is 0.262 e. The third-order valence-corrected chi connectivity index (χ3v) is 5.73. The fourth-order valence-corrected chi connectivity index (χ4v) is 4.08. The minimum Gasteiger partial charge on any atom is -0.322 e. The average molecular weight is 416 g/mol. The molecule has 0 aromatic heterocycles. The van der Waals surface area contributed by atoms with Crippen LogP contribution in [0.1, 0.15) is 21.5 Å². The van der Waals surface area contributed by atoms with Crippen LogP contribution in [-0.2, 0) is 10.0 Å². The summed E-state index contributed by atoms with van der Waals surface area (Å²) in [6.45, 7) is 3.45. The van der Waals surface area contributed by atoms with Crippen LogP contribution in [0.25, 0.3) is 0 Å². The highest BCUT2D eigenvalue weighted by Gasteiger charge is 2.20. The number of benzene rings is 3. The molecule has 2 N–H and O–H groups in total. The SMILES string of the molecule is Cc1cccc(NS(=O)(=O)c2cc(NC(=O)c3cccc(F)c3F)ccc2C)c1. The quantitative estimate of drug-likeness (QED) is 0.637. The standard InChI is InChI=1S/C21H18F2N2O3S/c1-13-5-3-6-16(11-13)25-29(27,28)19-12-15(10-9-14(19)2)24-21(26)17-7-4-8-18(22)20(17)23/h3-12,25H,1-2H3,(H,24,26). The first-order chi connectivity index (χ1) is 13.7. The van der Waals surface area contributed by atoms with Gasteiger partial charge in [-0.05, 0) is 61.4 Å². The van der Waals surface area contributed by atoms with Gasteiger partial charge in [-0.1, -0.05) is 24.3 Å². The Hall–Kier alpha value is -3.26. The number of carbonyl (C=O) groups excluding carboxylic acids is 1. The van der Waals surface area contributed by atoms with Crippen LogP contribution in [0.15, 0.2) is 65.6 Å². The number of hydrogen-bond donors (Lipinski definition) is 2. The predicted octanol–water partition coefficient (Wildman–Crippen LogP) is 4.63. The summed E-state index contributed by atoms with van der Waals surface area (Å²) in [5.41, 5.74) is 1.41. The highest BCUT2D eigenvalue weighted by Crippen LogP contribution is 2.24. The molecule has 3 aromatic carbocycles. The van der Waals surface area contributed by atoms with Gasteiger partial charge in [0.2, 0.25) is 0 Å². The second-order valence-electron chi connectivity index (χ2n) is 6.51. The number of hydrogen-bond acceptors (Lipinski definition) is 3. The third kappa shape index (κ3) is 4.60. The molecule has 8 heteroatoms. The zero-order valence-corrected chi connectivity index (χ0v) is 16.5. The second-order valence-corrected chi connectivity index (χ2v) is 8.16. The summed E-state index contributed by atoms with van der Waals surface area (Å²) in [7, 11) is -3.93. The van der Waals surface area contributed by atoms with E-state index in [9.17, 15) is 22.0 Å². The number of rotatable bonds is 5. The van der Waals surface area contributed by atoms with Crippen molar-refractivity contribution in [1.29, 1.82) is 0 Å². The van der Waals surface area contributed by atoms with Crippen LogP contribution in [0.3, 0.4) is 0 Å². The lowest BCUT2D eigenvalue weighted by atomic mass is 10.1. The Morgan fingerprint density at radius 2 is 1.62 bits per heavy atom. The number of aryl methyl sites for hydroxylation is 2. The molecule has 0 bridgehead atoms. The lowest BCUT2D eigenvalue weighted by Crippen LogP contribution is -2.17. The molecule has 0 atom stereocenters. The van der Waals surface area contributed by atoms with Gasteiger partial charge in [0.05, 0.1) is 10.5 Å². The molecule has 3 aromatic rings. The largest absolute Gasteiger partial charge is 0.322 e. The van der Waals surface area contributed by atoms with Crippen LogP contribution in [0.2, 0.25) is 0 Å². The fourth-order valence-electron chi connectivity index (χ4n) is 2.76. The molecule has 0 radical (unpaired) electrons. The number of amides is 1. The molecule has 5 nitrogen and oxygen atoms in total. The highest BCUT2D eigenvalue weighted by molar-refractivity contribution is 7.92. The molecular formula is C21H18F2N2O3S. The van der Waals surface area contributed by atoms with Gasteiger partial charge in [0.25, 0.3) is 15.9 Å². The number of anilines is 2. The van der Waals surface area contributed by atoms with Crippen molar-refractivity contribution in [2.45, 2.75) is 18.7 Å². The van der Waals surface area contributed by atoms with E-state index in [0.29, 0.717) is 11.3 Å². The van der Waals surface area contributed by atoms with Gasteiger partial charge in [-0.15, -0.1) is 0 Å². The summed E-state index contributed by atoms with van der Waals surface area (Å²) in [5.74, 6) is -3.31. The van der Waals surface area contributed by atoms with E-state index in [0.717, 1.165) is 17.7 Å². The van der Waals surface area contributed by atoms with Crippen molar-refractivity contribution < 1.29 is 22.0 Å². The molecule has 29 heavy (non-hydrogen) atoms. The summed E-state index contributed by atoms with van der Waals surface area (Å²) in [4.78, 5) is 12.2. The van der Waals surface area contributed by atoms with Crippen molar-refractivity contribution in [3.63, 3.8) is 0 Å². The molecule has 0 saturated carbocycles. The van der Waals surface area contributed by atoms with E-state index >= 15 is 0 Å². The van der Waals surface area contributed by atoms with Crippen molar-refractivity contribution in [3.8, 4) is 0 Å². The van der Waals surface area contributed by atoms with E-state index in [1.165, 1.54) is 24.3 Å². The van der Waals surface area contributed by atoms with Crippen molar-refractivity contribution in [2.24, 2.45) is 0 Å². The first kappa shape index (κ1) is 20.5. The van der Waals surface area contributed by atoms with Crippen LogP contribution >= 0.6 is 0 Å². The van der Waals surface area contributed by atoms with Crippen molar-refractivity contribution >= 4 is 27.3 Å². The Balaban J connectivity index is 1.89. The second kappa shape index (κ2) is 8.00. The highest BCUT2D eigenvalue weighted by atomic mass is 32.2. The van der Waals surface area contributed by atoms with Gasteiger partial charge in [0.15, 0.2) is 11.6 Å².